The molecule has 0 aliphatic carbocycles. The fraction of sp³-hybridized carbons (Fsp3) is 0.333. The fourth-order valence-corrected chi connectivity index (χ4v) is 3.14. The third-order valence-corrected chi connectivity index (χ3v) is 4.95. The van der Waals surface area contributed by atoms with Crippen molar-refractivity contribution >= 4 is 35.0 Å². The first kappa shape index (κ1) is 16.5. The van der Waals surface area contributed by atoms with Gasteiger partial charge < -0.3 is 0 Å². The molecule has 0 saturated heterocycles. The summed E-state index contributed by atoms with van der Waals surface area (Å²) in [5.74, 6) is 0.965. The standard InChI is InChI=1S/C15H15Cl2FN2S/c1-3-9(2)21-8-12-19-14(16)13(15(17)20-12)10-4-6-11(18)7-5-10/h4-7,9H,3,8H2,1-2H3. The van der Waals surface area contributed by atoms with E-state index in [-0.39, 0.29) is 5.82 Å². The minimum atomic E-state index is -0.312. The maximum absolute atomic E-state index is 13.0. The molecule has 0 spiro atoms. The highest BCUT2D eigenvalue weighted by Crippen LogP contribution is 2.33. The highest BCUT2D eigenvalue weighted by molar-refractivity contribution is 7.99. The molecule has 0 fully saturated rings. The van der Waals surface area contributed by atoms with Crippen molar-refractivity contribution in [1.82, 2.24) is 9.97 Å². The van der Waals surface area contributed by atoms with Gasteiger partial charge in [0.1, 0.15) is 21.9 Å². The number of hydrogen-bond donors (Lipinski definition) is 0. The van der Waals surface area contributed by atoms with E-state index in [0.717, 1.165) is 6.42 Å². The molecule has 0 aliphatic rings. The molecule has 2 aromatic rings. The van der Waals surface area contributed by atoms with Crippen LogP contribution in [0.3, 0.4) is 0 Å². The van der Waals surface area contributed by atoms with Crippen LogP contribution in [0.5, 0.6) is 0 Å². The molecule has 1 atom stereocenters. The minimum absolute atomic E-state index is 0.293. The molecule has 0 aliphatic heterocycles. The first-order valence-corrected chi connectivity index (χ1v) is 8.41. The maximum atomic E-state index is 13.0. The quantitative estimate of drug-likeness (QED) is 0.658. The third kappa shape index (κ3) is 4.31. The number of rotatable bonds is 5. The summed E-state index contributed by atoms with van der Waals surface area (Å²) in [4.78, 5) is 8.59. The summed E-state index contributed by atoms with van der Waals surface area (Å²) in [6.07, 6.45) is 1.08. The summed E-state index contributed by atoms with van der Waals surface area (Å²) >= 11 is 14.2. The molecule has 6 heteroatoms. The van der Waals surface area contributed by atoms with Crippen molar-refractivity contribution in [3.05, 3.63) is 46.2 Å². The molecule has 0 N–H and O–H groups in total. The van der Waals surface area contributed by atoms with Crippen LogP contribution in [0, 0.1) is 5.82 Å². The summed E-state index contributed by atoms with van der Waals surface area (Å²) < 4.78 is 13.0. The molecule has 1 unspecified atom stereocenters. The van der Waals surface area contributed by atoms with E-state index in [1.54, 1.807) is 23.9 Å². The Kier molecular flexibility index (Phi) is 5.85. The Morgan fingerprint density at radius 1 is 1.14 bits per heavy atom. The molecule has 0 bridgehead atoms. The minimum Gasteiger partial charge on any atom is -0.220 e. The van der Waals surface area contributed by atoms with Crippen LogP contribution in [-0.4, -0.2) is 15.2 Å². The summed E-state index contributed by atoms with van der Waals surface area (Å²) in [6, 6.07) is 5.93. The number of halogens is 3. The first-order valence-electron chi connectivity index (χ1n) is 6.60. The van der Waals surface area contributed by atoms with E-state index in [9.17, 15) is 4.39 Å². The second-order valence-corrected chi connectivity index (χ2v) is 6.78. The summed E-state index contributed by atoms with van der Waals surface area (Å²) in [6.45, 7) is 4.29. The second kappa shape index (κ2) is 7.43. The van der Waals surface area contributed by atoms with Crippen LogP contribution in [0.2, 0.25) is 10.3 Å². The van der Waals surface area contributed by atoms with Gasteiger partial charge in [-0.1, -0.05) is 49.2 Å². The number of hydrogen-bond acceptors (Lipinski definition) is 3. The Bertz CT molecular complexity index is 597. The lowest BCUT2D eigenvalue weighted by Crippen LogP contribution is -2.00. The smallest absolute Gasteiger partial charge is 0.142 e. The monoisotopic (exact) mass is 344 g/mol. The maximum Gasteiger partial charge on any atom is 0.142 e. The number of nitrogens with zero attached hydrogens (tertiary/aromatic N) is 2. The zero-order valence-corrected chi connectivity index (χ0v) is 14.1. The Morgan fingerprint density at radius 2 is 1.71 bits per heavy atom. The molecule has 112 valence electrons. The Morgan fingerprint density at radius 3 is 2.24 bits per heavy atom. The van der Waals surface area contributed by atoms with Crippen molar-refractivity contribution in [2.24, 2.45) is 0 Å². The van der Waals surface area contributed by atoms with Crippen LogP contribution in [0.1, 0.15) is 26.1 Å². The lowest BCUT2D eigenvalue weighted by atomic mass is 10.1. The molecule has 21 heavy (non-hydrogen) atoms. The predicted molar refractivity (Wildman–Crippen MR) is 88.5 cm³/mol. The van der Waals surface area contributed by atoms with Crippen LogP contribution in [0.15, 0.2) is 24.3 Å². The average molecular weight is 345 g/mol. The van der Waals surface area contributed by atoms with Gasteiger partial charge in [0.05, 0.1) is 11.3 Å². The van der Waals surface area contributed by atoms with Crippen molar-refractivity contribution in [3.8, 4) is 11.1 Å². The van der Waals surface area contributed by atoms with E-state index >= 15 is 0 Å². The average Bonchev–Trinajstić information content (AvgIpc) is 2.46. The van der Waals surface area contributed by atoms with Gasteiger partial charge in [0.15, 0.2) is 0 Å². The van der Waals surface area contributed by atoms with E-state index in [4.69, 9.17) is 23.2 Å². The van der Waals surface area contributed by atoms with E-state index in [1.807, 2.05) is 0 Å². The predicted octanol–water partition coefficient (Wildman–Crippen LogP) is 5.62. The van der Waals surface area contributed by atoms with Crippen LogP contribution >= 0.6 is 35.0 Å². The van der Waals surface area contributed by atoms with Gasteiger partial charge in [-0.15, -0.1) is 0 Å². The van der Waals surface area contributed by atoms with Crippen LogP contribution in [0.25, 0.3) is 11.1 Å². The number of benzene rings is 1. The van der Waals surface area contributed by atoms with Crippen molar-refractivity contribution < 1.29 is 4.39 Å². The summed E-state index contributed by atoms with van der Waals surface area (Å²) in [7, 11) is 0. The van der Waals surface area contributed by atoms with Gasteiger partial charge in [0, 0.05) is 5.25 Å². The van der Waals surface area contributed by atoms with Gasteiger partial charge in [-0.2, -0.15) is 11.8 Å². The molecule has 1 aromatic carbocycles. The molecule has 0 saturated carbocycles. The largest absolute Gasteiger partial charge is 0.220 e. The van der Waals surface area contributed by atoms with E-state index in [2.05, 4.69) is 23.8 Å². The van der Waals surface area contributed by atoms with Gasteiger partial charge in [-0.3, -0.25) is 0 Å². The van der Waals surface area contributed by atoms with Gasteiger partial charge in [0.25, 0.3) is 0 Å². The van der Waals surface area contributed by atoms with E-state index in [0.29, 0.717) is 38.3 Å². The van der Waals surface area contributed by atoms with Gasteiger partial charge in [-0.25, -0.2) is 14.4 Å². The lowest BCUT2D eigenvalue weighted by Gasteiger charge is -2.10. The normalized spacial score (nSPS) is 12.4. The van der Waals surface area contributed by atoms with Crippen LogP contribution < -0.4 is 0 Å². The SMILES string of the molecule is CCC(C)SCc1nc(Cl)c(-c2ccc(F)cc2)c(Cl)n1. The molecule has 1 heterocycles. The molecular formula is C15H15Cl2FN2S. The second-order valence-electron chi connectivity index (χ2n) is 4.63. The molecule has 0 radical (unpaired) electrons. The third-order valence-electron chi connectivity index (χ3n) is 3.07. The van der Waals surface area contributed by atoms with Gasteiger partial charge in [0.2, 0.25) is 0 Å². The topological polar surface area (TPSA) is 25.8 Å². The van der Waals surface area contributed by atoms with Gasteiger partial charge in [-0.05, 0) is 24.1 Å². The van der Waals surface area contributed by atoms with Crippen molar-refractivity contribution in [3.63, 3.8) is 0 Å². The molecule has 2 rings (SSSR count). The highest BCUT2D eigenvalue weighted by atomic mass is 35.5. The first-order chi connectivity index (χ1) is 10.0. The summed E-state index contributed by atoms with van der Waals surface area (Å²) in [5.41, 5.74) is 1.24. The number of aromatic nitrogens is 2. The number of thioether (sulfide) groups is 1. The Balaban J connectivity index is 2.27. The zero-order chi connectivity index (χ0) is 15.4. The Labute approximate surface area is 138 Å². The van der Waals surface area contributed by atoms with Crippen molar-refractivity contribution in [1.29, 1.82) is 0 Å². The molecular weight excluding hydrogens is 330 g/mol. The van der Waals surface area contributed by atoms with E-state index < -0.39 is 0 Å². The van der Waals surface area contributed by atoms with Gasteiger partial charge >= 0.3 is 0 Å². The Hall–Kier alpha value is -0.840. The lowest BCUT2D eigenvalue weighted by molar-refractivity contribution is 0.628. The van der Waals surface area contributed by atoms with E-state index in [1.165, 1.54) is 12.1 Å². The molecule has 2 nitrogen and oxygen atoms in total. The van der Waals surface area contributed by atoms with Crippen LogP contribution in [0.4, 0.5) is 4.39 Å². The zero-order valence-electron chi connectivity index (χ0n) is 11.7. The highest BCUT2D eigenvalue weighted by Gasteiger charge is 2.14. The van der Waals surface area contributed by atoms with Crippen molar-refractivity contribution in [2.75, 3.05) is 0 Å². The molecule has 0 amide bonds. The molecule has 1 aromatic heterocycles. The van der Waals surface area contributed by atoms with Crippen molar-refractivity contribution in [2.45, 2.75) is 31.3 Å². The fourth-order valence-electron chi connectivity index (χ4n) is 1.70. The summed E-state index contributed by atoms with van der Waals surface area (Å²) in [5, 5.41) is 1.12. The van der Waals surface area contributed by atoms with Crippen LogP contribution in [-0.2, 0) is 5.75 Å².